The van der Waals surface area contributed by atoms with Crippen LogP contribution in [-0.2, 0) is 0 Å². The Morgan fingerprint density at radius 2 is 1.76 bits per heavy atom. The number of aliphatic hydroxyl groups is 2. The standard InChI is InChI=1S/C17H18O2S2/c18-10-14-13(12-5-2-1-3-6-12)9-16(21-17(14)11-19)15-7-4-8-20-15/h1-9,13-14,17-19H,10-11H2/t13-,14+,17-/m1/s1. The zero-order chi connectivity index (χ0) is 14.7. The van der Waals surface area contributed by atoms with Gasteiger partial charge in [0.1, 0.15) is 0 Å². The molecule has 2 N–H and O–H groups in total. The van der Waals surface area contributed by atoms with Gasteiger partial charge in [-0.15, -0.1) is 23.1 Å². The lowest BCUT2D eigenvalue weighted by Crippen LogP contribution is -2.32. The van der Waals surface area contributed by atoms with E-state index in [1.54, 1.807) is 23.1 Å². The first-order valence-electron chi connectivity index (χ1n) is 7.02. The summed E-state index contributed by atoms with van der Waals surface area (Å²) in [7, 11) is 0. The van der Waals surface area contributed by atoms with E-state index in [9.17, 15) is 10.2 Å². The number of thiophene rings is 1. The van der Waals surface area contributed by atoms with E-state index in [4.69, 9.17) is 0 Å². The molecule has 0 spiro atoms. The molecular weight excluding hydrogens is 300 g/mol. The first-order chi connectivity index (χ1) is 10.3. The van der Waals surface area contributed by atoms with Gasteiger partial charge in [-0.05, 0) is 17.0 Å². The van der Waals surface area contributed by atoms with E-state index in [0.717, 1.165) is 0 Å². The molecule has 1 aromatic carbocycles. The second kappa shape index (κ2) is 6.79. The van der Waals surface area contributed by atoms with E-state index >= 15 is 0 Å². The van der Waals surface area contributed by atoms with Crippen molar-refractivity contribution in [2.24, 2.45) is 5.92 Å². The van der Waals surface area contributed by atoms with Crippen LogP contribution >= 0.6 is 23.1 Å². The third kappa shape index (κ3) is 3.09. The van der Waals surface area contributed by atoms with Crippen LogP contribution in [0.25, 0.3) is 4.91 Å². The molecule has 3 rings (SSSR count). The minimum absolute atomic E-state index is 0.0299. The second-order valence-electron chi connectivity index (χ2n) is 5.13. The number of aliphatic hydroxyl groups excluding tert-OH is 2. The molecule has 2 heterocycles. The Bertz CT molecular complexity index is 593. The zero-order valence-corrected chi connectivity index (χ0v) is 13.2. The third-order valence-electron chi connectivity index (χ3n) is 3.89. The Hall–Kier alpha value is -1.07. The van der Waals surface area contributed by atoms with Crippen molar-refractivity contribution in [3.63, 3.8) is 0 Å². The lowest BCUT2D eigenvalue weighted by Gasteiger charge is -2.35. The van der Waals surface area contributed by atoms with E-state index in [0.29, 0.717) is 0 Å². The SMILES string of the molecule is OC[C@H]1[C@@H](c2ccccc2)C=C(c2cccs2)S[C@@H]1CO. The molecule has 0 radical (unpaired) electrons. The Morgan fingerprint density at radius 3 is 2.38 bits per heavy atom. The van der Waals surface area contributed by atoms with Gasteiger partial charge in [-0.2, -0.15) is 0 Å². The average molecular weight is 318 g/mol. The fourth-order valence-electron chi connectivity index (χ4n) is 2.79. The molecular formula is C17H18O2S2. The van der Waals surface area contributed by atoms with E-state index < -0.39 is 0 Å². The quantitative estimate of drug-likeness (QED) is 0.905. The van der Waals surface area contributed by atoms with Crippen LogP contribution in [0.4, 0.5) is 0 Å². The number of benzene rings is 1. The highest BCUT2D eigenvalue weighted by molar-refractivity contribution is 8.09. The molecule has 2 nitrogen and oxygen atoms in total. The molecule has 0 fully saturated rings. The molecule has 0 unspecified atom stereocenters. The fourth-order valence-corrected chi connectivity index (χ4v) is 4.96. The summed E-state index contributed by atoms with van der Waals surface area (Å²) < 4.78 is 0. The molecule has 110 valence electrons. The van der Waals surface area contributed by atoms with Crippen molar-refractivity contribution in [3.8, 4) is 0 Å². The summed E-state index contributed by atoms with van der Waals surface area (Å²) in [5, 5.41) is 21.6. The van der Waals surface area contributed by atoms with E-state index in [1.165, 1.54) is 15.3 Å². The summed E-state index contributed by atoms with van der Waals surface area (Å²) in [5.74, 6) is 0.192. The van der Waals surface area contributed by atoms with Gasteiger partial charge in [0, 0.05) is 33.5 Å². The van der Waals surface area contributed by atoms with Gasteiger partial charge in [-0.1, -0.05) is 42.5 Å². The Labute approximate surface area is 133 Å². The zero-order valence-electron chi connectivity index (χ0n) is 11.6. The van der Waals surface area contributed by atoms with Gasteiger partial charge in [0.15, 0.2) is 0 Å². The van der Waals surface area contributed by atoms with Crippen LogP contribution in [0.5, 0.6) is 0 Å². The Balaban J connectivity index is 2.02. The molecule has 2 aromatic rings. The van der Waals surface area contributed by atoms with Gasteiger partial charge >= 0.3 is 0 Å². The minimum atomic E-state index is 0.0299. The lowest BCUT2D eigenvalue weighted by atomic mass is 9.83. The van der Waals surface area contributed by atoms with Crippen LogP contribution < -0.4 is 0 Å². The van der Waals surface area contributed by atoms with Crippen LogP contribution in [0.1, 0.15) is 16.4 Å². The molecule has 0 saturated heterocycles. The predicted octanol–water partition coefficient (Wildman–Crippen LogP) is 3.59. The second-order valence-corrected chi connectivity index (χ2v) is 7.36. The molecule has 0 bridgehead atoms. The highest BCUT2D eigenvalue weighted by atomic mass is 32.2. The first kappa shape index (κ1) is 14.9. The first-order valence-corrected chi connectivity index (χ1v) is 8.78. The van der Waals surface area contributed by atoms with Crippen molar-refractivity contribution in [2.75, 3.05) is 13.2 Å². The van der Waals surface area contributed by atoms with Crippen LogP contribution in [0.2, 0.25) is 0 Å². The smallest absolute Gasteiger partial charge is 0.0557 e. The molecule has 1 aromatic heterocycles. The predicted molar refractivity (Wildman–Crippen MR) is 90.5 cm³/mol. The molecule has 0 saturated carbocycles. The van der Waals surface area contributed by atoms with Crippen LogP contribution in [0, 0.1) is 5.92 Å². The summed E-state index contributed by atoms with van der Waals surface area (Å²) in [6.07, 6.45) is 2.25. The van der Waals surface area contributed by atoms with Gasteiger partial charge < -0.3 is 10.2 Å². The third-order valence-corrected chi connectivity index (χ3v) is 6.33. The number of thioether (sulfide) groups is 1. The van der Waals surface area contributed by atoms with Crippen molar-refractivity contribution in [3.05, 3.63) is 64.4 Å². The Kier molecular flexibility index (Phi) is 4.80. The van der Waals surface area contributed by atoms with Gasteiger partial charge in [-0.25, -0.2) is 0 Å². The molecule has 1 aliphatic rings. The monoisotopic (exact) mass is 318 g/mol. The lowest BCUT2D eigenvalue weighted by molar-refractivity contribution is 0.179. The van der Waals surface area contributed by atoms with Gasteiger partial charge in [-0.3, -0.25) is 0 Å². The van der Waals surface area contributed by atoms with Crippen LogP contribution in [0.15, 0.2) is 53.9 Å². The maximum Gasteiger partial charge on any atom is 0.0557 e. The topological polar surface area (TPSA) is 40.5 Å². The highest BCUT2D eigenvalue weighted by Crippen LogP contribution is 2.47. The van der Waals surface area contributed by atoms with Crippen molar-refractivity contribution in [2.45, 2.75) is 11.2 Å². The maximum absolute atomic E-state index is 9.79. The molecule has 0 aliphatic carbocycles. The normalized spacial score (nSPS) is 25.6. The Morgan fingerprint density at radius 1 is 0.952 bits per heavy atom. The molecule has 21 heavy (non-hydrogen) atoms. The number of hydrogen-bond donors (Lipinski definition) is 2. The van der Waals surface area contributed by atoms with Gasteiger partial charge in [0.25, 0.3) is 0 Å². The summed E-state index contributed by atoms with van der Waals surface area (Å²) in [6.45, 7) is 0.175. The fraction of sp³-hybridized carbons (Fsp3) is 0.294. The van der Waals surface area contributed by atoms with Crippen LogP contribution in [0.3, 0.4) is 0 Å². The minimum Gasteiger partial charge on any atom is -0.396 e. The number of rotatable bonds is 4. The maximum atomic E-state index is 9.79. The summed E-state index contributed by atoms with van der Waals surface area (Å²) >= 11 is 3.40. The number of allylic oxidation sites excluding steroid dienone is 1. The number of hydrogen-bond acceptors (Lipinski definition) is 4. The van der Waals surface area contributed by atoms with Crippen molar-refractivity contribution < 1.29 is 10.2 Å². The van der Waals surface area contributed by atoms with Crippen molar-refractivity contribution in [1.29, 1.82) is 0 Å². The molecule has 4 heteroatoms. The van der Waals surface area contributed by atoms with Crippen molar-refractivity contribution >= 4 is 28.0 Å². The van der Waals surface area contributed by atoms with Crippen LogP contribution in [-0.4, -0.2) is 28.7 Å². The van der Waals surface area contributed by atoms with E-state index in [1.807, 2.05) is 24.3 Å². The molecule has 1 aliphatic heterocycles. The van der Waals surface area contributed by atoms with Gasteiger partial charge in [0.2, 0.25) is 0 Å². The van der Waals surface area contributed by atoms with Crippen molar-refractivity contribution in [1.82, 2.24) is 0 Å². The largest absolute Gasteiger partial charge is 0.396 e. The molecule has 3 atom stereocenters. The summed E-state index contributed by atoms with van der Waals surface area (Å²) in [6, 6.07) is 14.4. The van der Waals surface area contributed by atoms with E-state index in [2.05, 4.69) is 29.7 Å². The summed E-state index contributed by atoms with van der Waals surface area (Å²) in [4.78, 5) is 2.44. The average Bonchev–Trinajstić information content (AvgIpc) is 3.08. The van der Waals surface area contributed by atoms with Gasteiger partial charge in [0.05, 0.1) is 6.61 Å². The van der Waals surface area contributed by atoms with E-state index in [-0.39, 0.29) is 30.3 Å². The summed E-state index contributed by atoms with van der Waals surface area (Å²) in [5.41, 5.74) is 1.20. The molecule has 0 amide bonds. The highest BCUT2D eigenvalue weighted by Gasteiger charge is 2.34.